The first-order valence-corrected chi connectivity index (χ1v) is 5.64. The fourth-order valence-electron chi connectivity index (χ4n) is 2.64. The molecule has 1 heterocycles. The molecule has 1 saturated carbocycles. The highest BCUT2D eigenvalue weighted by atomic mass is 16.7. The maximum absolute atomic E-state index is 11.2. The smallest absolute Gasteiger partial charge is 0.310 e. The van der Waals surface area contributed by atoms with E-state index in [9.17, 15) is 19.8 Å². The third-order valence-electron chi connectivity index (χ3n) is 3.91. The van der Waals surface area contributed by atoms with Gasteiger partial charge in [0.05, 0.1) is 24.5 Å². The van der Waals surface area contributed by atoms with E-state index in [1.165, 1.54) is 6.92 Å². The Hall–Kier alpha value is -1.14. The number of carbonyl (C=O) groups is 2. The van der Waals surface area contributed by atoms with Gasteiger partial charge in [0.2, 0.25) is 0 Å². The molecule has 1 saturated heterocycles. The molecule has 2 aliphatic rings. The first-order chi connectivity index (χ1) is 7.90. The Morgan fingerprint density at radius 1 is 1.18 bits per heavy atom. The minimum Gasteiger partial charge on any atom is -0.481 e. The van der Waals surface area contributed by atoms with E-state index < -0.39 is 29.1 Å². The van der Waals surface area contributed by atoms with Gasteiger partial charge in [-0.2, -0.15) is 0 Å². The predicted octanol–water partition coefficient (Wildman–Crippen LogP) is 0.705. The van der Waals surface area contributed by atoms with Crippen molar-refractivity contribution in [1.82, 2.24) is 0 Å². The van der Waals surface area contributed by atoms with Crippen LogP contribution >= 0.6 is 0 Å². The molecule has 2 rings (SSSR count). The number of hydrogen-bond acceptors (Lipinski definition) is 4. The number of hydrogen-bond donors (Lipinski definition) is 2. The molecular weight excluding hydrogens is 228 g/mol. The van der Waals surface area contributed by atoms with Gasteiger partial charge in [0, 0.05) is 12.8 Å². The third kappa shape index (κ3) is 1.91. The predicted molar refractivity (Wildman–Crippen MR) is 55.4 cm³/mol. The van der Waals surface area contributed by atoms with Gasteiger partial charge in [-0.1, -0.05) is 0 Å². The van der Waals surface area contributed by atoms with Gasteiger partial charge >= 0.3 is 11.9 Å². The fourth-order valence-corrected chi connectivity index (χ4v) is 2.64. The van der Waals surface area contributed by atoms with Crippen molar-refractivity contribution in [1.29, 1.82) is 0 Å². The van der Waals surface area contributed by atoms with Gasteiger partial charge in [-0.25, -0.2) is 0 Å². The molecule has 6 heteroatoms. The van der Waals surface area contributed by atoms with E-state index >= 15 is 0 Å². The van der Waals surface area contributed by atoms with Crippen LogP contribution < -0.4 is 0 Å². The molecule has 0 amide bonds. The average Bonchev–Trinajstić information content (AvgIpc) is 2.70. The molecule has 2 N–H and O–H groups in total. The molecule has 0 radical (unpaired) electrons. The van der Waals surface area contributed by atoms with Crippen LogP contribution in [0.1, 0.15) is 26.2 Å². The lowest BCUT2D eigenvalue weighted by atomic mass is 9.65. The highest BCUT2D eigenvalue weighted by Gasteiger charge is 2.56. The Morgan fingerprint density at radius 2 is 1.76 bits per heavy atom. The lowest BCUT2D eigenvalue weighted by Crippen LogP contribution is -2.51. The number of carboxylic acid groups (broad SMARTS) is 2. The van der Waals surface area contributed by atoms with E-state index in [-0.39, 0.29) is 12.8 Å². The van der Waals surface area contributed by atoms with Crippen molar-refractivity contribution in [3.8, 4) is 0 Å². The largest absolute Gasteiger partial charge is 0.481 e. The van der Waals surface area contributed by atoms with Crippen LogP contribution in [0.25, 0.3) is 0 Å². The number of aliphatic carboxylic acids is 2. The van der Waals surface area contributed by atoms with Gasteiger partial charge < -0.3 is 19.7 Å². The number of rotatable bonds is 2. The molecule has 0 bridgehead atoms. The van der Waals surface area contributed by atoms with Gasteiger partial charge in [0.25, 0.3) is 0 Å². The van der Waals surface area contributed by atoms with Crippen molar-refractivity contribution in [2.45, 2.75) is 32.0 Å². The number of ether oxygens (including phenoxy) is 2. The standard InChI is InChI=1S/C11H16O6/c1-10(9(14)15)2-3-11(16-4-5-17-11)6-7(10)8(12)13/h7H,2-6H2,1H3,(H,12,13)(H,14,15)/t7-,10-/m1/s1. The van der Waals surface area contributed by atoms with Crippen molar-refractivity contribution < 1.29 is 29.3 Å². The topological polar surface area (TPSA) is 93.1 Å². The molecule has 2 fully saturated rings. The molecule has 0 aromatic carbocycles. The summed E-state index contributed by atoms with van der Waals surface area (Å²) in [4.78, 5) is 22.5. The van der Waals surface area contributed by atoms with Gasteiger partial charge in [0.1, 0.15) is 0 Å². The molecular formula is C11H16O6. The third-order valence-corrected chi connectivity index (χ3v) is 3.91. The summed E-state index contributed by atoms with van der Waals surface area (Å²) < 4.78 is 10.9. The second-order valence-electron chi connectivity index (χ2n) is 4.93. The summed E-state index contributed by atoms with van der Waals surface area (Å²) in [6.45, 7) is 2.36. The molecule has 0 aromatic heterocycles. The van der Waals surface area contributed by atoms with Crippen molar-refractivity contribution in [2.24, 2.45) is 11.3 Å². The minimum atomic E-state index is -1.24. The van der Waals surface area contributed by atoms with Crippen LogP contribution in [0.15, 0.2) is 0 Å². The SMILES string of the molecule is C[C@@]1(C(=O)O)CCC2(C[C@@H]1C(=O)O)OCCO2. The van der Waals surface area contributed by atoms with Crippen LogP contribution in [0.2, 0.25) is 0 Å². The molecule has 0 aromatic rings. The molecule has 0 unspecified atom stereocenters. The molecule has 1 aliphatic heterocycles. The number of carboxylic acids is 2. The first-order valence-electron chi connectivity index (χ1n) is 5.64. The van der Waals surface area contributed by atoms with E-state index in [0.717, 1.165) is 0 Å². The Balaban J connectivity index is 2.25. The Kier molecular flexibility index (Phi) is 2.87. The summed E-state index contributed by atoms with van der Waals surface area (Å²) in [6.07, 6.45) is 0.782. The molecule has 6 nitrogen and oxygen atoms in total. The highest BCUT2D eigenvalue weighted by molar-refractivity contribution is 5.83. The molecule has 1 aliphatic carbocycles. The van der Waals surface area contributed by atoms with Crippen molar-refractivity contribution in [2.75, 3.05) is 13.2 Å². The summed E-state index contributed by atoms with van der Waals surface area (Å²) in [5.41, 5.74) is -1.24. The summed E-state index contributed by atoms with van der Waals surface area (Å²) in [6, 6.07) is 0. The lowest BCUT2D eigenvalue weighted by Gasteiger charge is -2.43. The van der Waals surface area contributed by atoms with E-state index in [2.05, 4.69) is 0 Å². The first kappa shape index (κ1) is 12.3. The van der Waals surface area contributed by atoms with E-state index in [4.69, 9.17) is 9.47 Å². The van der Waals surface area contributed by atoms with Crippen molar-refractivity contribution in [3.63, 3.8) is 0 Å². The summed E-state index contributed by atoms with van der Waals surface area (Å²) in [5, 5.41) is 18.4. The molecule has 1 spiro atoms. The van der Waals surface area contributed by atoms with Crippen LogP contribution in [0.5, 0.6) is 0 Å². The molecule has 2 atom stereocenters. The van der Waals surface area contributed by atoms with Crippen molar-refractivity contribution in [3.05, 3.63) is 0 Å². The van der Waals surface area contributed by atoms with Crippen LogP contribution in [0.3, 0.4) is 0 Å². The molecule has 96 valence electrons. The zero-order valence-corrected chi connectivity index (χ0v) is 9.64. The van der Waals surface area contributed by atoms with Gasteiger partial charge in [-0.15, -0.1) is 0 Å². The Labute approximate surface area is 98.5 Å². The maximum Gasteiger partial charge on any atom is 0.310 e. The Morgan fingerprint density at radius 3 is 2.24 bits per heavy atom. The molecule has 17 heavy (non-hydrogen) atoms. The quantitative estimate of drug-likeness (QED) is 0.743. The van der Waals surface area contributed by atoms with Crippen LogP contribution in [-0.4, -0.2) is 41.2 Å². The van der Waals surface area contributed by atoms with E-state index in [0.29, 0.717) is 19.6 Å². The van der Waals surface area contributed by atoms with Crippen molar-refractivity contribution >= 4 is 11.9 Å². The second kappa shape index (κ2) is 3.96. The summed E-state index contributed by atoms with van der Waals surface area (Å²) in [5.74, 6) is -4.03. The summed E-state index contributed by atoms with van der Waals surface area (Å²) >= 11 is 0. The maximum atomic E-state index is 11.2. The highest BCUT2D eigenvalue weighted by Crippen LogP contribution is 2.48. The van der Waals surface area contributed by atoms with Crippen LogP contribution in [0.4, 0.5) is 0 Å². The zero-order valence-electron chi connectivity index (χ0n) is 9.64. The van der Waals surface area contributed by atoms with Gasteiger partial charge in [-0.3, -0.25) is 9.59 Å². The van der Waals surface area contributed by atoms with Gasteiger partial charge in [0.15, 0.2) is 5.79 Å². The van der Waals surface area contributed by atoms with Crippen LogP contribution in [-0.2, 0) is 19.1 Å². The Bertz CT molecular complexity index is 346. The monoisotopic (exact) mass is 244 g/mol. The second-order valence-corrected chi connectivity index (χ2v) is 4.93. The zero-order chi connectivity index (χ0) is 12.7. The van der Waals surface area contributed by atoms with Gasteiger partial charge in [-0.05, 0) is 13.3 Å². The fraction of sp³-hybridized carbons (Fsp3) is 0.818. The minimum absolute atomic E-state index is 0.102. The lowest BCUT2D eigenvalue weighted by molar-refractivity contribution is -0.215. The average molecular weight is 244 g/mol. The van der Waals surface area contributed by atoms with Crippen LogP contribution in [0, 0.1) is 11.3 Å². The van der Waals surface area contributed by atoms with E-state index in [1.807, 2.05) is 0 Å². The normalized spacial score (nSPS) is 35.9. The van der Waals surface area contributed by atoms with E-state index in [1.54, 1.807) is 0 Å². The summed E-state index contributed by atoms with van der Waals surface area (Å²) in [7, 11) is 0.